The Bertz CT molecular complexity index is 868. The maximum Gasteiger partial charge on any atom is 0.265 e. The molecule has 0 saturated carbocycles. The fraction of sp³-hybridized carbons (Fsp3) is 0.364. The van der Waals surface area contributed by atoms with E-state index in [0.29, 0.717) is 36.1 Å². The Balaban J connectivity index is 1.59. The highest BCUT2D eigenvalue weighted by atomic mass is 16.5. The van der Waals surface area contributed by atoms with Crippen molar-refractivity contribution in [3.8, 4) is 17.2 Å². The van der Waals surface area contributed by atoms with Crippen LogP contribution >= 0.6 is 0 Å². The second-order valence-electron chi connectivity index (χ2n) is 6.70. The fourth-order valence-electron chi connectivity index (χ4n) is 3.00. The molecule has 0 atom stereocenters. The predicted octanol–water partition coefficient (Wildman–Crippen LogP) is 2.92. The largest absolute Gasteiger partial charge is 0.493 e. The molecule has 0 bridgehead atoms. The van der Waals surface area contributed by atoms with Crippen molar-refractivity contribution >= 4 is 17.5 Å². The van der Waals surface area contributed by atoms with Crippen LogP contribution in [-0.2, 0) is 16.1 Å². The van der Waals surface area contributed by atoms with Crippen molar-refractivity contribution in [2.45, 2.75) is 26.3 Å². The summed E-state index contributed by atoms with van der Waals surface area (Å²) in [6.45, 7) is 2.94. The molecular formula is C22H26N2O5. The molecule has 2 aromatic carbocycles. The number of carbonyl (C=O) groups excluding carboxylic acids is 2. The third-order valence-electron chi connectivity index (χ3n) is 4.58. The summed E-state index contributed by atoms with van der Waals surface area (Å²) in [6.07, 6.45) is 2.03. The van der Waals surface area contributed by atoms with E-state index in [2.05, 4.69) is 12.2 Å². The van der Waals surface area contributed by atoms with Gasteiger partial charge in [-0.2, -0.15) is 0 Å². The number of ether oxygens (including phenoxy) is 3. The number of amides is 2. The molecule has 0 spiro atoms. The third kappa shape index (κ3) is 5.19. The Morgan fingerprint density at radius 3 is 2.83 bits per heavy atom. The normalized spacial score (nSPS) is 12.8. The van der Waals surface area contributed by atoms with Gasteiger partial charge < -0.3 is 19.5 Å². The lowest BCUT2D eigenvalue weighted by molar-refractivity contribution is -0.125. The summed E-state index contributed by atoms with van der Waals surface area (Å²) in [5.74, 6) is 1.42. The smallest absolute Gasteiger partial charge is 0.265 e. The van der Waals surface area contributed by atoms with Gasteiger partial charge in [0.05, 0.1) is 19.4 Å². The Labute approximate surface area is 170 Å². The molecule has 29 heavy (non-hydrogen) atoms. The molecular weight excluding hydrogens is 372 g/mol. The molecule has 0 radical (unpaired) electrons. The zero-order chi connectivity index (χ0) is 20.6. The van der Waals surface area contributed by atoms with Crippen LogP contribution in [0.4, 0.5) is 5.69 Å². The second-order valence-corrected chi connectivity index (χ2v) is 6.70. The molecule has 3 rings (SSSR count). The van der Waals surface area contributed by atoms with E-state index in [4.69, 9.17) is 14.2 Å². The van der Waals surface area contributed by atoms with Crippen LogP contribution in [0.3, 0.4) is 0 Å². The van der Waals surface area contributed by atoms with E-state index in [1.165, 1.54) is 4.90 Å². The van der Waals surface area contributed by atoms with Crippen LogP contribution in [0.2, 0.25) is 0 Å². The molecule has 7 nitrogen and oxygen atoms in total. The first kappa shape index (κ1) is 20.5. The van der Waals surface area contributed by atoms with Crippen LogP contribution in [0.25, 0.3) is 0 Å². The van der Waals surface area contributed by atoms with E-state index in [-0.39, 0.29) is 25.0 Å². The summed E-state index contributed by atoms with van der Waals surface area (Å²) < 4.78 is 16.5. The summed E-state index contributed by atoms with van der Waals surface area (Å²) in [5.41, 5.74) is 1.49. The molecule has 1 N–H and O–H groups in total. The summed E-state index contributed by atoms with van der Waals surface area (Å²) in [7, 11) is 1.59. The SMILES string of the molecule is CCCCOc1ccc(CNC(=O)CN2C(=O)COc3ccccc32)cc1OC. The lowest BCUT2D eigenvalue weighted by Gasteiger charge is -2.28. The molecule has 1 aliphatic heterocycles. The molecule has 2 amide bonds. The number of carbonyl (C=O) groups is 2. The molecule has 2 aromatic rings. The van der Waals surface area contributed by atoms with E-state index in [1.807, 2.05) is 30.3 Å². The standard InChI is InChI=1S/C22H26N2O5/c1-3-4-11-28-19-10-9-16(12-20(19)27-2)13-23-21(25)14-24-17-7-5-6-8-18(17)29-15-22(24)26/h5-10,12H,3-4,11,13-15H2,1-2H3,(H,23,25). The topological polar surface area (TPSA) is 77.1 Å². The van der Waals surface area contributed by atoms with Crippen molar-refractivity contribution in [1.82, 2.24) is 5.32 Å². The van der Waals surface area contributed by atoms with Gasteiger partial charge in [-0.15, -0.1) is 0 Å². The molecule has 0 saturated heterocycles. The number of rotatable bonds is 9. The number of methoxy groups -OCH3 is 1. The summed E-state index contributed by atoms with van der Waals surface area (Å²) in [5, 5.41) is 2.85. The third-order valence-corrected chi connectivity index (χ3v) is 4.58. The van der Waals surface area contributed by atoms with E-state index in [0.717, 1.165) is 18.4 Å². The van der Waals surface area contributed by atoms with E-state index in [1.54, 1.807) is 19.2 Å². The average molecular weight is 398 g/mol. The lowest BCUT2D eigenvalue weighted by atomic mass is 10.2. The minimum atomic E-state index is -0.253. The monoisotopic (exact) mass is 398 g/mol. The maximum atomic E-state index is 12.4. The first-order chi connectivity index (χ1) is 14.1. The molecule has 1 aliphatic rings. The summed E-state index contributed by atoms with van der Waals surface area (Å²) in [6, 6.07) is 12.8. The number of benzene rings is 2. The Morgan fingerprint density at radius 2 is 2.03 bits per heavy atom. The van der Waals surface area contributed by atoms with Crippen LogP contribution in [0.15, 0.2) is 42.5 Å². The highest BCUT2D eigenvalue weighted by molar-refractivity contribution is 6.02. The van der Waals surface area contributed by atoms with Crippen LogP contribution < -0.4 is 24.4 Å². The first-order valence-electron chi connectivity index (χ1n) is 9.71. The van der Waals surface area contributed by atoms with Crippen molar-refractivity contribution in [2.75, 3.05) is 31.8 Å². The number of unbranched alkanes of at least 4 members (excludes halogenated alkanes) is 1. The minimum absolute atomic E-state index is 0.0610. The van der Waals surface area contributed by atoms with Crippen LogP contribution in [0, 0.1) is 0 Å². The Morgan fingerprint density at radius 1 is 1.21 bits per heavy atom. The number of hydrogen-bond donors (Lipinski definition) is 1. The molecule has 1 heterocycles. The van der Waals surface area contributed by atoms with E-state index in [9.17, 15) is 9.59 Å². The molecule has 0 aromatic heterocycles. The van der Waals surface area contributed by atoms with Gasteiger partial charge in [-0.1, -0.05) is 31.5 Å². The van der Waals surface area contributed by atoms with Crippen molar-refractivity contribution < 1.29 is 23.8 Å². The number of hydrogen-bond acceptors (Lipinski definition) is 5. The predicted molar refractivity (Wildman–Crippen MR) is 110 cm³/mol. The number of anilines is 1. The van der Waals surface area contributed by atoms with Crippen LogP contribution in [0.5, 0.6) is 17.2 Å². The molecule has 0 fully saturated rings. The fourth-order valence-corrected chi connectivity index (χ4v) is 3.00. The van der Waals surface area contributed by atoms with Gasteiger partial charge in [-0.25, -0.2) is 0 Å². The second kappa shape index (κ2) is 9.82. The van der Waals surface area contributed by atoms with Gasteiger partial charge >= 0.3 is 0 Å². The van der Waals surface area contributed by atoms with Crippen molar-refractivity contribution in [3.05, 3.63) is 48.0 Å². The zero-order valence-electron chi connectivity index (χ0n) is 16.8. The highest BCUT2D eigenvalue weighted by Crippen LogP contribution is 2.31. The van der Waals surface area contributed by atoms with Crippen molar-refractivity contribution in [3.63, 3.8) is 0 Å². The van der Waals surface area contributed by atoms with Gasteiger partial charge in [0, 0.05) is 6.54 Å². The zero-order valence-corrected chi connectivity index (χ0v) is 16.8. The van der Waals surface area contributed by atoms with Gasteiger partial charge in [-0.3, -0.25) is 14.5 Å². The van der Waals surface area contributed by atoms with Gasteiger partial charge in [-0.05, 0) is 36.2 Å². The van der Waals surface area contributed by atoms with Gasteiger partial charge in [0.2, 0.25) is 5.91 Å². The van der Waals surface area contributed by atoms with E-state index < -0.39 is 0 Å². The number of nitrogens with one attached hydrogen (secondary N) is 1. The molecule has 7 heteroatoms. The molecule has 0 unspecified atom stereocenters. The van der Waals surface area contributed by atoms with Gasteiger partial charge in [0.1, 0.15) is 12.3 Å². The minimum Gasteiger partial charge on any atom is -0.493 e. The van der Waals surface area contributed by atoms with Gasteiger partial charge in [0.25, 0.3) is 5.91 Å². The Hall–Kier alpha value is -3.22. The molecule has 154 valence electrons. The Kier molecular flexibility index (Phi) is 6.94. The van der Waals surface area contributed by atoms with Crippen molar-refractivity contribution in [2.24, 2.45) is 0 Å². The molecule has 0 aliphatic carbocycles. The summed E-state index contributed by atoms with van der Waals surface area (Å²) >= 11 is 0. The number of nitrogens with zero attached hydrogens (tertiary/aromatic N) is 1. The quantitative estimate of drug-likeness (QED) is 0.657. The van der Waals surface area contributed by atoms with Gasteiger partial charge in [0.15, 0.2) is 18.1 Å². The van der Waals surface area contributed by atoms with E-state index >= 15 is 0 Å². The average Bonchev–Trinajstić information content (AvgIpc) is 2.75. The van der Waals surface area contributed by atoms with Crippen molar-refractivity contribution in [1.29, 1.82) is 0 Å². The van der Waals surface area contributed by atoms with Crippen LogP contribution in [-0.4, -0.2) is 38.7 Å². The first-order valence-corrected chi connectivity index (χ1v) is 9.71. The summed E-state index contributed by atoms with van der Waals surface area (Å²) in [4.78, 5) is 26.1. The van der Waals surface area contributed by atoms with Crippen LogP contribution in [0.1, 0.15) is 25.3 Å². The lowest BCUT2D eigenvalue weighted by Crippen LogP contribution is -2.45. The highest BCUT2D eigenvalue weighted by Gasteiger charge is 2.26. The maximum absolute atomic E-state index is 12.4. The number of fused-ring (bicyclic) bond motifs is 1. The number of para-hydroxylation sites is 2.